The van der Waals surface area contributed by atoms with E-state index in [1.54, 1.807) is 0 Å². The van der Waals surface area contributed by atoms with Crippen LogP contribution in [0.5, 0.6) is 0 Å². The first-order valence-corrected chi connectivity index (χ1v) is 2.46. The summed E-state index contributed by atoms with van der Waals surface area (Å²) in [6.45, 7) is 1.24. The fraction of sp³-hybridized carbons (Fsp3) is 0.500. The van der Waals surface area contributed by atoms with E-state index in [0.717, 1.165) is 0 Å². The van der Waals surface area contributed by atoms with E-state index in [4.69, 9.17) is 11.5 Å². The van der Waals surface area contributed by atoms with E-state index in [-0.39, 0.29) is 6.61 Å². The maximum Gasteiger partial charge on any atom is 0.335 e. The number of carbonyl (C=O) groups is 1. The Labute approximate surface area is 53.6 Å². The largest absolute Gasteiger partial charge is 0.451 e. The SMILES string of the molecule is C#CCOC(=O)C(C)O. The lowest BCUT2D eigenvalue weighted by molar-refractivity contribution is -0.150. The van der Waals surface area contributed by atoms with Crippen LogP contribution in [-0.2, 0) is 9.53 Å². The Morgan fingerprint density at radius 3 is 2.89 bits per heavy atom. The van der Waals surface area contributed by atoms with Gasteiger partial charge in [0.25, 0.3) is 0 Å². The number of rotatable bonds is 2. The second kappa shape index (κ2) is 3.93. The van der Waals surface area contributed by atoms with Gasteiger partial charge in [0.2, 0.25) is 0 Å². The molecule has 0 radical (unpaired) electrons. The van der Waals surface area contributed by atoms with Crippen molar-refractivity contribution in [3.63, 3.8) is 0 Å². The number of esters is 1. The maximum absolute atomic E-state index is 10.3. The average molecular weight is 128 g/mol. The third-order valence-electron chi connectivity index (χ3n) is 0.639. The summed E-state index contributed by atoms with van der Waals surface area (Å²) in [5.74, 6) is 1.41. The quantitative estimate of drug-likeness (QED) is 0.404. The molecule has 0 aromatic heterocycles. The number of carbonyl (C=O) groups excluding carboxylic acids is 1. The molecule has 50 valence electrons. The molecule has 0 aromatic rings. The summed E-state index contributed by atoms with van der Waals surface area (Å²) in [5, 5.41) is 8.50. The Morgan fingerprint density at radius 1 is 2.00 bits per heavy atom. The van der Waals surface area contributed by atoms with E-state index in [2.05, 4.69) is 10.7 Å². The van der Waals surface area contributed by atoms with E-state index < -0.39 is 12.1 Å². The first-order chi connectivity index (χ1) is 4.18. The molecule has 0 fully saturated rings. The number of aliphatic hydroxyl groups is 1. The molecule has 0 aliphatic rings. The molecule has 0 saturated heterocycles. The van der Waals surface area contributed by atoms with Gasteiger partial charge in [-0.25, -0.2) is 4.79 Å². The Morgan fingerprint density at radius 2 is 2.56 bits per heavy atom. The van der Waals surface area contributed by atoms with Crippen molar-refractivity contribution in [3.8, 4) is 12.3 Å². The maximum atomic E-state index is 10.3. The Hall–Kier alpha value is -1.01. The molecule has 0 aliphatic carbocycles. The van der Waals surface area contributed by atoms with E-state index in [1.807, 2.05) is 0 Å². The number of hydrogen-bond donors (Lipinski definition) is 1. The second-order valence-corrected chi connectivity index (χ2v) is 1.49. The van der Waals surface area contributed by atoms with Gasteiger partial charge >= 0.3 is 5.97 Å². The summed E-state index contributed by atoms with van der Waals surface area (Å²) < 4.78 is 4.33. The van der Waals surface area contributed by atoms with Gasteiger partial charge in [-0.3, -0.25) is 0 Å². The molecule has 1 atom stereocenters. The number of terminal acetylenes is 1. The van der Waals surface area contributed by atoms with Crippen LogP contribution < -0.4 is 0 Å². The third kappa shape index (κ3) is 3.56. The molecule has 0 bridgehead atoms. The number of hydrogen-bond acceptors (Lipinski definition) is 3. The van der Waals surface area contributed by atoms with Crippen molar-refractivity contribution in [2.24, 2.45) is 0 Å². The minimum absolute atomic E-state index is 0.0796. The summed E-state index contributed by atoms with van der Waals surface area (Å²) in [6, 6.07) is 0. The van der Waals surface area contributed by atoms with Crippen LogP contribution in [-0.4, -0.2) is 23.8 Å². The molecule has 0 rings (SSSR count). The van der Waals surface area contributed by atoms with Crippen molar-refractivity contribution >= 4 is 5.97 Å². The molecule has 0 amide bonds. The molecule has 0 aliphatic heterocycles. The van der Waals surface area contributed by atoms with Crippen molar-refractivity contribution in [2.75, 3.05) is 6.61 Å². The van der Waals surface area contributed by atoms with Gasteiger partial charge in [-0.2, -0.15) is 0 Å². The van der Waals surface area contributed by atoms with Crippen LogP contribution in [0.25, 0.3) is 0 Å². The highest BCUT2D eigenvalue weighted by molar-refractivity contribution is 5.73. The predicted molar refractivity (Wildman–Crippen MR) is 31.5 cm³/mol. The molecule has 1 unspecified atom stereocenters. The van der Waals surface area contributed by atoms with Crippen molar-refractivity contribution in [3.05, 3.63) is 0 Å². The van der Waals surface area contributed by atoms with Crippen molar-refractivity contribution in [1.29, 1.82) is 0 Å². The highest BCUT2D eigenvalue weighted by atomic mass is 16.5. The lowest BCUT2D eigenvalue weighted by atomic mass is 10.4. The number of aliphatic hydroxyl groups excluding tert-OH is 1. The van der Waals surface area contributed by atoms with Crippen LogP contribution in [0.1, 0.15) is 6.92 Å². The molecule has 0 saturated carbocycles. The van der Waals surface area contributed by atoms with Gasteiger partial charge in [-0.1, -0.05) is 5.92 Å². The minimum atomic E-state index is -1.08. The average Bonchev–Trinajstić information content (AvgIpc) is 1.82. The lowest BCUT2D eigenvalue weighted by Gasteiger charge is -2.00. The van der Waals surface area contributed by atoms with Gasteiger partial charge in [0.15, 0.2) is 6.61 Å². The smallest absolute Gasteiger partial charge is 0.335 e. The summed E-state index contributed by atoms with van der Waals surface area (Å²) in [5.41, 5.74) is 0. The summed E-state index contributed by atoms with van der Waals surface area (Å²) in [6.07, 6.45) is 3.68. The third-order valence-corrected chi connectivity index (χ3v) is 0.639. The molecule has 9 heavy (non-hydrogen) atoms. The van der Waals surface area contributed by atoms with Gasteiger partial charge in [-0.15, -0.1) is 6.42 Å². The van der Waals surface area contributed by atoms with Gasteiger partial charge in [0, 0.05) is 0 Å². The molecule has 3 nitrogen and oxygen atoms in total. The van der Waals surface area contributed by atoms with E-state index in [9.17, 15) is 4.79 Å². The first kappa shape index (κ1) is 7.99. The topological polar surface area (TPSA) is 46.5 Å². The van der Waals surface area contributed by atoms with Crippen LogP contribution >= 0.6 is 0 Å². The molecule has 0 heterocycles. The van der Waals surface area contributed by atoms with E-state index in [0.29, 0.717) is 0 Å². The molecular weight excluding hydrogens is 120 g/mol. The first-order valence-electron chi connectivity index (χ1n) is 2.46. The van der Waals surface area contributed by atoms with Gasteiger partial charge in [-0.05, 0) is 6.92 Å². The summed E-state index contributed by atoms with van der Waals surface area (Å²) in [7, 11) is 0. The molecule has 1 N–H and O–H groups in total. The fourth-order valence-electron chi connectivity index (χ4n) is 0.233. The van der Waals surface area contributed by atoms with Crippen LogP contribution in [0.3, 0.4) is 0 Å². The lowest BCUT2D eigenvalue weighted by Crippen LogP contribution is -2.19. The highest BCUT2D eigenvalue weighted by Crippen LogP contribution is 1.84. The zero-order valence-corrected chi connectivity index (χ0v) is 5.13. The zero-order chi connectivity index (χ0) is 7.28. The monoisotopic (exact) mass is 128 g/mol. The normalized spacial score (nSPS) is 11.7. The van der Waals surface area contributed by atoms with Gasteiger partial charge in [0.1, 0.15) is 6.10 Å². The summed E-state index contributed by atoms with van der Waals surface area (Å²) >= 11 is 0. The Bertz CT molecular complexity index is 132. The summed E-state index contributed by atoms with van der Waals surface area (Å²) in [4.78, 5) is 10.3. The molecule has 0 spiro atoms. The highest BCUT2D eigenvalue weighted by Gasteiger charge is 2.07. The van der Waals surface area contributed by atoms with Crippen LogP contribution in [0.4, 0.5) is 0 Å². The van der Waals surface area contributed by atoms with Crippen molar-refractivity contribution in [1.82, 2.24) is 0 Å². The number of ether oxygens (including phenoxy) is 1. The molecule has 0 aromatic carbocycles. The van der Waals surface area contributed by atoms with Gasteiger partial charge in [0.05, 0.1) is 0 Å². The van der Waals surface area contributed by atoms with Crippen molar-refractivity contribution in [2.45, 2.75) is 13.0 Å². The van der Waals surface area contributed by atoms with Crippen LogP contribution in [0, 0.1) is 12.3 Å². The Balaban J connectivity index is 3.42. The fourth-order valence-corrected chi connectivity index (χ4v) is 0.233. The standard InChI is InChI=1S/C6H8O3/c1-3-4-9-6(8)5(2)7/h1,5,7H,4H2,2H3. The van der Waals surface area contributed by atoms with Crippen LogP contribution in [0.15, 0.2) is 0 Å². The molecular formula is C6H8O3. The zero-order valence-electron chi connectivity index (χ0n) is 5.13. The Kier molecular flexibility index (Phi) is 3.49. The minimum Gasteiger partial charge on any atom is -0.451 e. The second-order valence-electron chi connectivity index (χ2n) is 1.49. The van der Waals surface area contributed by atoms with E-state index in [1.165, 1.54) is 6.92 Å². The van der Waals surface area contributed by atoms with E-state index >= 15 is 0 Å². The molecule has 3 heteroatoms. The van der Waals surface area contributed by atoms with Gasteiger partial charge < -0.3 is 9.84 Å². The van der Waals surface area contributed by atoms with Crippen molar-refractivity contribution < 1.29 is 14.6 Å². The van der Waals surface area contributed by atoms with Crippen LogP contribution in [0.2, 0.25) is 0 Å². The predicted octanol–water partition coefficient (Wildman–Crippen LogP) is -0.456.